The predicted molar refractivity (Wildman–Crippen MR) is 137 cm³/mol. The normalized spacial score (nSPS) is 11.1. The molecular weight excluding hydrogens is 512 g/mol. The summed E-state index contributed by atoms with van der Waals surface area (Å²) in [6, 6.07) is 20.2. The Morgan fingerprint density at radius 2 is 1.82 bits per heavy atom. The summed E-state index contributed by atoms with van der Waals surface area (Å²) in [4.78, 5) is 48.8. The Bertz CT molecular complexity index is 1680. The van der Waals surface area contributed by atoms with Gasteiger partial charge in [-0.1, -0.05) is 29.8 Å². The lowest BCUT2D eigenvalue weighted by molar-refractivity contribution is -0.140. The monoisotopic (exact) mass is 532 g/mol. The fraction of sp³-hybridized carbons (Fsp3) is 0.154. The number of halogens is 1. The van der Waals surface area contributed by atoms with Crippen LogP contribution >= 0.6 is 11.6 Å². The number of hydrogen-bond acceptors (Lipinski definition) is 8. The molecule has 1 N–H and O–H groups in total. The molecule has 4 aromatic rings. The lowest BCUT2D eigenvalue weighted by Gasteiger charge is -2.11. The molecule has 4 rings (SSSR count). The minimum absolute atomic E-state index is 0.0151. The van der Waals surface area contributed by atoms with Gasteiger partial charge in [0.25, 0.3) is 0 Å². The zero-order chi connectivity index (χ0) is 27.1. The number of pyridine rings is 1. The first kappa shape index (κ1) is 26.1. The first-order chi connectivity index (χ1) is 18.4. The molecule has 2 heterocycles. The third-order valence-corrected chi connectivity index (χ3v) is 5.59. The van der Waals surface area contributed by atoms with Gasteiger partial charge in [-0.15, -0.1) is 0 Å². The first-order valence-corrected chi connectivity index (χ1v) is 11.7. The van der Waals surface area contributed by atoms with Crippen molar-refractivity contribution in [3.8, 4) is 17.7 Å². The molecule has 0 saturated carbocycles. The summed E-state index contributed by atoms with van der Waals surface area (Å²) in [5.74, 6) is 0.160. The summed E-state index contributed by atoms with van der Waals surface area (Å²) in [7, 11) is 1.23. The fourth-order valence-corrected chi connectivity index (χ4v) is 3.55. The van der Waals surface area contributed by atoms with Crippen molar-refractivity contribution in [1.82, 2.24) is 19.1 Å². The van der Waals surface area contributed by atoms with Gasteiger partial charge in [-0.3, -0.25) is 14.3 Å². The number of hydrogen-bond donors (Lipinski definition) is 1. The van der Waals surface area contributed by atoms with Gasteiger partial charge in [-0.2, -0.15) is 5.26 Å². The molecule has 192 valence electrons. The lowest BCUT2D eigenvalue weighted by Crippen LogP contribution is -2.50. The highest BCUT2D eigenvalue weighted by molar-refractivity contribution is 6.30. The SMILES string of the molecule is COC(=O)CCn1c(=O)[nH]/c(=N\c2ccc(Oc3cccc(C#N)n3)cc2)n(Cc2ccc(Cl)cc2)c1=O. The summed E-state index contributed by atoms with van der Waals surface area (Å²) in [6.45, 7) is -0.0687. The number of methoxy groups -OCH3 is 1. The number of carbonyl (C=O) groups is 1. The summed E-state index contributed by atoms with van der Waals surface area (Å²) in [6.07, 6.45) is -0.148. The van der Waals surface area contributed by atoms with Crippen LogP contribution in [0.1, 0.15) is 17.7 Å². The molecule has 0 radical (unpaired) electrons. The molecule has 0 bridgehead atoms. The van der Waals surface area contributed by atoms with Gasteiger partial charge in [-0.25, -0.2) is 24.1 Å². The number of carbonyl (C=O) groups excluding carboxylic acids is 1. The van der Waals surface area contributed by atoms with Gasteiger partial charge in [0, 0.05) is 17.6 Å². The number of aromatic amines is 1. The maximum Gasteiger partial charge on any atom is 0.335 e. The Morgan fingerprint density at radius 3 is 2.50 bits per heavy atom. The molecule has 0 aliphatic heterocycles. The summed E-state index contributed by atoms with van der Waals surface area (Å²) in [5, 5.41) is 9.54. The first-order valence-electron chi connectivity index (χ1n) is 11.3. The molecule has 0 amide bonds. The van der Waals surface area contributed by atoms with E-state index in [9.17, 15) is 14.4 Å². The van der Waals surface area contributed by atoms with Crippen molar-refractivity contribution >= 4 is 23.3 Å². The maximum absolute atomic E-state index is 13.3. The van der Waals surface area contributed by atoms with E-state index in [0.717, 1.165) is 10.1 Å². The van der Waals surface area contributed by atoms with E-state index in [1.165, 1.54) is 11.7 Å². The number of nitriles is 1. The zero-order valence-electron chi connectivity index (χ0n) is 20.1. The van der Waals surface area contributed by atoms with Gasteiger partial charge in [0.2, 0.25) is 11.5 Å². The average Bonchev–Trinajstić information content (AvgIpc) is 2.92. The van der Waals surface area contributed by atoms with E-state index in [2.05, 4.69) is 19.7 Å². The predicted octanol–water partition coefficient (Wildman–Crippen LogP) is 2.89. The van der Waals surface area contributed by atoms with E-state index >= 15 is 0 Å². The molecule has 0 atom stereocenters. The van der Waals surface area contributed by atoms with Gasteiger partial charge in [0.1, 0.15) is 17.5 Å². The smallest absolute Gasteiger partial charge is 0.335 e. The largest absolute Gasteiger partial charge is 0.469 e. The second-order valence-corrected chi connectivity index (χ2v) is 8.34. The van der Waals surface area contributed by atoms with Gasteiger partial charge in [0.15, 0.2) is 0 Å². The molecule has 11 nitrogen and oxygen atoms in total. The van der Waals surface area contributed by atoms with Gasteiger partial charge >= 0.3 is 17.3 Å². The number of ether oxygens (including phenoxy) is 2. The maximum atomic E-state index is 13.3. The van der Waals surface area contributed by atoms with Crippen LogP contribution in [0.5, 0.6) is 11.6 Å². The molecule has 0 spiro atoms. The van der Waals surface area contributed by atoms with Crippen molar-refractivity contribution in [2.75, 3.05) is 7.11 Å². The highest BCUT2D eigenvalue weighted by Crippen LogP contribution is 2.22. The topological polar surface area (TPSA) is 144 Å². The minimum atomic E-state index is -0.714. The standard InChI is InChI=1S/C26H21ClN6O5/c1-37-23(34)13-14-32-25(35)31-24(33(26(32)36)16-17-5-7-18(27)8-6-17)30-19-9-11-21(12-10-19)38-22-4-2-3-20(15-28)29-22/h2-12H,13-14,16H2,1H3,(H,30,31,35). The lowest BCUT2D eigenvalue weighted by atomic mass is 10.2. The Labute approximate surface area is 220 Å². The van der Waals surface area contributed by atoms with Crippen LogP contribution in [0.4, 0.5) is 5.69 Å². The van der Waals surface area contributed by atoms with Crippen LogP contribution in [0, 0.1) is 11.3 Å². The van der Waals surface area contributed by atoms with Crippen molar-refractivity contribution in [3.63, 3.8) is 0 Å². The van der Waals surface area contributed by atoms with Crippen LogP contribution in [0.2, 0.25) is 5.02 Å². The van der Waals surface area contributed by atoms with Gasteiger partial charge in [0.05, 0.1) is 25.8 Å². The van der Waals surface area contributed by atoms with Crippen LogP contribution in [0.25, 0.3) is 0 Å². The van der Waals surface area contributed by atoms with Crippen molar-refractivity contribution in [2.45, 2.75) is 19.5 Å². The molecule has 2 aromatic heterocycles. The second kappa shape index (κ2) is 11.9. The average molecular weight is 533 g/mol. The number of H-pyrrole nitrogens is 1. The molecule has 12 heteroatoms. The van der Waals surface area contributed by atoms with Crippen LogP contribution in [0.3, 0.4) is 0 Å². The molecule has 0 aliphatic carbocycles. The van der Waals surface area contributed by atoms with Crippen LogP contribution < -0.4 is 21.7 Å². The number of rotatable bonds is 8. The van der Waals surface area contributed by atoms with Crippen molar-refractivity contribution in [1.29, 1.82) is 5.26 Å². The number of benzene rings is 2. The quantitative estimate of drug-likeness (QED) is 0.343. The van der Waals surface area contributed by atoms with Gasteiger partial charge in [-0.05, 0) is 48.0 Å². The number of nitrogens with zero attached hydrogens (tertiary/aromatic N) is 5. The molecule has 0 unspecified atom stereocenters. The van der Waals surface area contributed by atoms with Crippen LogP contribution in [-0.4, -0.2) is 32.2 Å². The third kappa shape index (κ3) is 6.43. The molecule has 2 aromatic carbocycles. The van der Waals surface area contributed by atoms with Crippen molar-refractivity contribution in [2.24, 2.45) is 4.99 Å². The van der Waals surface area contributed by atoms with E-state index in [4.69, 9.17) is 21.6 Å². The zero-order valence-corrected chi connectivity index (χ0v) is 20.9. The molecule has 38 heavy (non-hydrogen) atoms. The fourth-order valence-electron chi connectivity index (χ4n) is 3.43. The number of nitrogens with one attached hydrogen (secondary N) is 1. The number of esters is 1. The Hall–Kier alpha value is -4.95. The Kier molecular flexibility index (Phi) is 8.15. The highest BCUT2D eigenvalue weighted by Gasteiger charge is 2.12. The third-order valence-electron chi connectivity index (χ3n) is 5.33. The Morgan fingerprint density at radius 1 is 1.08 bits per heavy atom. The second-order valence-electron chi connectivity index (χ2n) is 7.91. The molecule has 0 aliphatic rings. The summed E-state index contributed by atoms with van der Waals surface area (Å²) in [5.41, 5.74) is 0.0628. The van der Waals surface area contributed by atoms with Gasteiger partial charge < -0.3 is 9.47 Å². The minimum Gasteiger partial charge on any atom is -0.469 e. The molecule has 0 saturated heterocycles. The summed E-state index contributed by atoms with van der Waals surface area (Å²) >= 11 is 5.98. The molecular formula is C26H21ClN6O5. The van der Waals surface area contributed by atoms with Crippen LogP contribution in [0.15, 0.2) is 81.3 Å². The van der Waals surface area contributed by atoms with E-state index < -0.39 is 17.3 Å². The van der Waals surface area contributed by atoms with E-state index in [1.54, 1.807) is 66.7 Å². The summed E-state index contributed by atoms with van der Waals surface area (Å²) < 4.78 is 12.5. The molecule has 0 fully saturated rings. The number of aromatic nitrogens is 4. The highest BCUT2D eigenvalue weighted by atomic mass is 35.5. The van der Waals surface area contributed by atoms with Crippen molar-refractivity contribution < 1.29 is 14.3 Å². The van der Waals surface area contributed by atoms with Crippen molar-refractivity contribution in [3.05, 3.63) is 110 Å². The van der Waals surface area contributed by atoms with E-state index in [1.807, 2.05) is 6.07 Å². The van der Waals surface area contributed by atoms with E-state index in [-0.39, 0.29) is 36.7 Å². The Balaban J connectivity index is 1.70. The van der Waals surface area contributed by atoms with Crippen LogP contribution in [-0.2, 0) is 22.6 Å². The van der Waals surface area contributed by atoms with E-state index in [0.29, 0.717) is 16.5 Å².